The molecule has 0 aliphatic heterocycles. The van der Waals surface area contributed by atoms with Gasteiger partial charge in [-0.05, 0) is 12.1 Å². The Bertz CT molecular complexity index is 528. The number of carbonyl (C=O) groups excluding carboxylic acids is 1. The number of hydrazone groups is 1. The lowest BCUT2D eigenvalue weighted by atomic mass is 10.2. The Morgan fingerprint density at radius 1 is 1.41 bits per heavy atom. The molecule has 0 heterocycles. The molecule has 0 fully saturated rings. The molecule has 0 atom stereocenters. The van der Waals surface area contributed by atoms with Crippen molar-refractivity contribution < 1.29 is 4.79 Å². The van der Waals surface area contributed by atoms with Crippen molar-refractivity contribution in [2.24, 2.45) is 16.6 Å². The third kappa shape index (κ3) is 3.04. The molecule has 17 heavy (non-hydrogen) atoms. The van der Waals surface area contributed by atoms with Gasteiger partial charge in [-0.3, -0.25) is 15.6 Å². The van der Waals surface area contributed by atoms with Gasteiger partial charge in [0, 0.05) is 0 Å². The number of rotatable bonds is 4. The van der Waals surface area contributed by atoms with Crippen LogP contribution in [0.15, 0.2) is 29.4 Å². The van der Waals surface area contributed by atoms with Crippen molar-refractivity contribution in [3.8, 4) is 6.07 Å². The van der Waals surface area contributed by atoms with Gasteiger partial charge in [-0.15, -0.1) is 0 Å². The number of nitriles is 1. The Morgan fingerprint density at radius 2 is 2.06 bits per heavy atom. The van der Waals surface area contributed by atoms with Crippen molar-refractivity contribution in [2.75, 3.05) is 5.43 Å². The first kappa shape index (κ1) is 12.2. The van der Waals surface area contributed by atoms with Gasteiger partial charge in [-0.25, -0.2) is 0 Å². The Kier molecular flexibility index (Phi) is 3.78. The lowest BCUT2D eigenvalue weighted by Crippen LogP contribution is -2.22. The molecule has 1 rings (SSSR count). The maximum Gasteiger partial charge on any atom is 0.250 e. The van der Waals surface area contributed by atoms with E-state index in [0.29, 0.717) is 5.69 Å². The number of amides is 1. The molecule has 0 aliphatic rings. The molecule has 7 nitrogen and oxygen atoms in total. The van der Waals surface area contributed by atoms with Gasteiger partial charge in [0.05, 0.1) is 11.3 Å². The van der Waals surface area contributed by atoms with E-state index in [2.05, 4.69) is 10.5 Å². The van der Waals surface area contributed by atoms with Crippen molar-refractivity contribution >= 4 is 23.1 Å². The molecule has 0 aromatic heterocycles. The lowest BCUT2D eigenvalue weighted by Gasteiger charge is -2.05. The van der Waals surface area contributed by atoms with E-state index in [4.69, 9.17) is 22.1 Å². The molecular formula is C10H10N6O. The molecule has 86 valence electrons. The first-order chi connectivity index (χ1) is 8.06. The maximum absolute atomic E-state index is 11.1. The van der Waals surface area contributed by atoms with Crippen molar-refractivity contribution in [3.05, 3.63) is 29.8 Å². The fraction of sp³-hybridized carbons (Fsp3) is 0. The Balaban J connectivity index is 3.01. The summed E-state index contributed by atoms with van der Waals surface area (Å²) in [4.78, 5) is 11.1. The second-order valence-electron chi connectivity index (χ2n) is 3.01. The first-order valence-electron chi connectivity index (χ1n) is 4.53. The molecule has 1 aromatic rings. The van der Waals surface area contributed by atoms with Gasteiger partial charge in [-0.1, -0.05) is 12.1 Å². The fourth-order valence-corrected chi connectivity index (χ4v) is 1.06. The van der Waals surface area contributed by atoms with Crippen molar-refractivity contribution in [3.63, 3.8) is 0 Å². The summed E-state index contributed by atoms with van der Waals surface area (Å²) in [6.45, 7) is 0. The monoisotopic (exact) mass is 230 g/mol. The predicted octanol–water partition coefficient (Wildman–Crippen LogP) is 0.0129. The van der Waals surface area contributed by atoms with Crippen LogP contribution in [0.2, 0.25) is 0 Å². The zero-order valence-corrected chi connectivity index (χ0v) is 8.77. The number of carbonyl (C=O) groups is 1. The molecule has 6 N–H and O–H groups in total. The van der Waals surface area contributed by atoms with Crippen LogP contribution in [0.5, 0.6) is 0 Å². The Morgan fingerprint density at radius 3 is 2.59 bits per heavy atom. The lowest BCUT2D eigenvalue weighted by molar-refractivity contribution is 0.100. The van der Waals surface area contributed by atoms with Gasteiger partial charge in [-0.2, -0.15) is 10.4 Å². The zero-order chi connectivity index (χ0) is 12.8. The summed E-state index contributed by atoms with van der Waals surface area (Å²) in [5.41, 5.74) is 13.0. The third-order valence-corrected chi connectivity index (χ3v) is 1.84. The summed E-state index contributed by atoms with van der Waals surface area (Å²) in [5.74, 6) is -1.08. The number of amidine groups is 1. The molecule has 0 saturated carbocycles. The average molecular weight is 230 g/mol. The minimum Gasteiger partial charge on any atom is -0.382 e. The SMILES string of the molecule is N#C/C(=N\Nc1ccccc1C(N)=O)C(=N)N. The number of nitrogens with one attached hydrogen (secondary N) is 2. The highest BCUT2D eigenvalue weighted by atomic mass is 16.1. The quantitative estimate of drug-likeness (QED) is 0.328. The topological polar surface area (TPSA) is 141 Å². The number of benzene rings is 1. The first-order valence-corrected chi connectivity index (χ1v) is 4.53. The van der Waals surface area contributed by atoms with E-state index < -0.39 is 11.7 Å². The Labute approximate surface area is 97.2 Å². The largest absolute Gasteiger partial charge is 0.382 e. The van der Waals surface area contributed by atoms with Gasteiger partial charge in [0.2, 0.25) is 5.71 Å². The molecule has 0 saturated heterocycles. The van der Waals surface area contributed by atoms with Crippen LogP contribution in [-0.2, 0) is 0 Å². The number of hydrogen-bond donors (Lipinski definition) is 4. The minimum absolute atomic E-state index is 0.233. The van der Waals surface area contributed by atoms with E-state index in [1.54, 1.807) is 24.3 Å². The minimum atomic E-state index is -0.621. The number of nitrogens with zero attached hydrogens (tertiary/aromatic N) is 2. The summed E-state index contributed by atoms with van der Waals surface area (Å²) in [6.07, 6.45) is 0. The summed E-state index contributed by atoms with van der Waals surface area (Å²) in [7, 11) is 0. The molecule has 0 radical (unpaired) electrons. The molecule has 1 aromatic carbocycles. The van der Waals surface area contributed by atoms with Crippen molar-refractivity contribution in [2.45, 2.75) is 0 Å². The highest BCUT2D eigenvalue weighted by Crippen LogP contribution is 2.13. The van der Waals surface area contributed by atoms with Crippen LogP contribution in [0.3, 0.4) is 0 Å². The van der Waals surface area contributed by atoms with Gasteiger partial charge >= 0.3 is 0 Å². The standard InChI is InChI=1S/C10H10N6O/c11-5-8(9(12)13)16-15-7-4-2-1-3-6(7)10(14)17/h1-4,15H,(H3,12,13)(H2,14,17)/b16-8+. The number of primary amides is 1. The number of anilines is 1. The highest BCUT2D eigenvalue weighted by molar-refractivity contribution is 6.45. The van der Waals surface area contributed by atoms with Crippen LogP contribution < -0.4 is 16.9 Å². The van der Waals surface area contributed by atoms with Gasteiger partial charge in [0.15, 0.2) is 5.84 Å². The van der Waals surface area contributed by atoms with Crippen LogP contribution in [0.4, 0.5) is 5.69 Å². The van der Waals surface area contributed by atoms with E-state index in [0.717, 1.165) is 0 Å². The number of nitrogens with two attached hydrogens (primary N) is 2. The van der Waals surface area contributed by atoms with Gasteiger partial charge in [0.25, 0.3) is 5.91 Å². The van der Waals surface area contributed by atoms with Crippen LogP contribution in [0, 0.1) is 16.7 Å². The predicted molar refractivity (Wildman–Crippen MR) is 63.5 cm³/mol. The molecule has 0 unspecified atom stereocenters. The highest BCUT2D eigenvalue weighted by Gasteiger charge is 2.07. The molecule has 0 spiro atoms. The van der Waals surface area contributed by atoms with Crippen molar-refractivity contribution in [1.82, 2.24) is 0 Å². The van der Waals surface area contributed by atoms with E-state index in [1.807, 2.05) is 0 Å². The van der Waals surface area contributed by atoms with E-state index in [1.165, 1.54) is 6.07 Å². The van der Waals surface area contributed by atoms with E-state index >= 15 is 0 Å². The summed E-state index contributed by atoms with van der Waals surface area (Å²) < 4.78 is 0. The molecule has 1 amide bonds. The molecule has 0 aliphatic carbocycles. The van der Waals surface area contributed by atoms with Crippen LogP contribution in [0.1, 0.15) is 10.4 Å². The van der Waals surface area contributed by atoms with Crippen molar-refractivity contribution in [1.29, 1.82) is 10.7 Å². The van der Waals surface area contributed by atoms with Crippen LogP contribution in [0.25, 0.3) is 0 Å². The van der Waals surface area contributed by atoms with Gasteiger partial charge in [0.1, 0.15) is 6.07 Å². The fourth-order valence-electron chi connectivity index (χ4n) is 1.06. The van der Waals surface area contributed by atoms with E-state index in [9.17, 15) is 4.79 Å². The van der Waals surface area contributed by atoms with Crippen LogP contribution in [-0.4, -0.2) is 17.5 Å². The third-order valence-electron chi connectivity index (χ3n) is 1.84. The number of para-hydroxylation sites is 1. The van der Waals surface area contributed by atoms with Crippen LogP contribution >= 0.6 is 0 Å². The molecule has 7 heteroatoms. The molecule has 0 bridgehead atoms. The Hall–Kier alpha value is -2.88. The maximum atomic E-state index is 11.1. The second-order valence-corrected chi connectivity index (χ2v) is 3.01. The summed E-state index contributed by atoms with van der Waals surface area (Å²) >= 11 is 0. The summed E-state index contributed by atoms with van der Waals surface area (Å²) in [6, 6.07) is 8.04. The normalized spacial score (nSPS) is 10.4. The van der Waals surface area contributed by atoms with E-state index in [-0.39, 0.29) is 11.3 Å². The second kappa shape index (κ2) is 5.27. The number of hydrogen-bond acceptors (Lipinski definition) is 5. The zero-order valence-electron chi connectivity index (χ0n) is 8.77. The smallest absolute Gasteiger partial charge is 0.250 e. The summed E-state index contributed by atoms with van der Waals surface area (Å²) in [5, 5.41) is 19.3. The molecular weight excluding hydrogens is 220 g/mol. The van der Waals surface area contributed by atoms with Gasteiger partial charge < -0.3 is 11.5 Å². The average Bonchev–Trinajstić information content (AvgIpc) is 2.29.